The minimum Gasteiger partial charge on any atom is -0.388 e. The SMILES string of the molecule is CC1(C(=O)NCC2(O)CCSCC2)CCCCCC1. The van der Waals surface area contributed by atoms with E-state index in [0.29, 0.717) is 6.54 Å². The van der Waals surface area contributed by atoms with Crippen LogP contribution in [0.3, 0.4) is 0 Å². The number of amides is 1. The smallest absolute Gasteiger partial charge is 0.226 e. The number of nitrogens with one attached hydrogen (secondary N) is 1. The third kappa shape index (κ3) is 4.12. The highest BCUT2D eigenvalue weighted by Crippen LogP contribution is 2.35. The largest absolute Gasteiger partial charge is 0.388 e. The molecule has 2 fully saturated rings. The first-order valence-electron chi connectivity index (χ1n) is 7.63. The van der Waals surface area contributed by atoms with Gasteiger partial charge in [0.25, 0.3) is 0 Å². The molecule has 1 heterocycles. The molecule has 110 valence electrons. The Labute approximate surface area is 120 Å². The zero-order chi connectivity index (χ0) is 13.8. The van der Waals surface area contributed by atoms with E-state index in [-0.39, 0.29) is 11.3 Å². The van der Waals surface area contributed by atoms with Crippen molar-refractivity contribution < 1.29 is 9.90 Å². The third-order valence-corrected chi connectivity index (χ3v) is 5.74. The van der Waals surface area contributed by atoms with Crippen molar-refractivity contribution in [2.75, 3.05) is 18.1 Å². The Balaban J connectivity index is 1.85. The van der Waals surface area contributed by atoms with Crippen molar-refractivity contribution in [1.82, 2.24) is 5.32 Å². The quantitative estimate of drug-likeness (QED) is 0.784. The lowest BCUT2D eigenvalue weighted by molar-refractivity contribution is -0.132. The average molecular weight is 285 g/mol. The van der Waals surface area contributed by atoms with E-state index in [9.17, 15) is 9.90 Å². The van der Waals surface area contributed by atoms with Crippen molar-refractivity contribution in [2.24, 2.45) is 5.41 Å². The van der Waals surface area contributed by atoms with Crippen LogP contribution in [-0.2, 0) is 4.79 Å². The number of rotatable bonds is 3. The Kier molecular flexibility index (Phi) is 5.18. The van der Waals surface area contributed by atoms with Gasteiger partial charge < -0.3 is 10.4 Å². The van der Waals surface area contributed by atoms with Crippen molar-refractivity contribution in [2.45, 2.75) is 63.9 Å². The number of thioether (sulfide) groups is 1. The average Bonchev–Trinajstić information content (AvgIpc) is 2.63. The van der Waals surface area contributed by atoms with Crippen LogP contribution in [0.25, 0.3) is 0 Å². The van der Waals surface area contributed by atoms with Crippen molar-refractivity contribution in [1.29, 1.82) is 0 Å². The van der Waals surface area contributed by atoms with Crippen LogP contribution in [-0.4, -0.2) is 34.7 Å². The van der Waals surface area contributed by atoms with Crippen molar-refractivity contribution in [3.8, 4) is 0 Å². The minimum atomic E-state index is -0.665. The van der Waals surface area contributed by atoms with Crippen LogP contribution in [0, 0.1) is 5.41 Å². The van der Waals surface area contributed by atoms with Crippen LogP contribution < -0.4 is 5.32 Å². The van der Waals surface area contributed by atoms with E-state index >= 15 is 0 Å². The summed E-state index contributed by atoms with van der Waals surface area (Å²) >= 11 is 1.89. The summed E-state index contributed by atoms with van der Waals surface area (Å²) in [5.74, 6) is 2.16. The second-order valence-electron chi connectivity index (χ2n) is 6.49. The number of carbonyl (C=O) groups is 1. The summed E-state index contributed by atoms with van der Waals surface area (Å²) in [5, 5.41) is 13.5. The van der Waals surface area contributed by atoms with Crippen LogP contribution in [0.4, 0.5) is 0 Å². The predicted octanol–water partition coefficient (Wildman–Crippen LogP) is 2.72. The molecule has 0 unspecified atom stereocenters. The Morgan fingerprint density at radius 2 is 1.68 bits per heavy atom. The van der Waals surface area contributed by atoms with Crippen LogP contribution >= 0.6 is 11.8 Å². The molecule has 0 radical (unpaired) electrons. The van der Waals surface area contributed by atoms with E-state index in [1.54, 1.807) is 0 Å². The first kappa shape index (κ1) is 15.2. The first-order chi connectivity index (χ1) is 9.04. The van der Waals surface area contributed by atoms with Crippen molar-refractivity contribution in [3.63, 3.8) is 0 Å². The maximum Gasteiger partial charge on any atom is 0.226 e. The van der Waals surface area contributed by atoms with Crippen molar-refractivity contribution >= 4 is 17.7 Å². The molecule has 0 bridgehead atoms. The lowest BCUT2D eigenvalue weighted by atomic mass is 9.81. The number of carbonyl (C=O) groups excluding carboxylic acids is 1. The Morgan fingerprint density at radius 3 is 2.26 bits per heavy atom. The lowest BCUT2D eigenvalue weighted by Crippen LogP contribution is -2.49. The highest BCUT2D eigenvalue weighted by atomic mass is 32.2. The number of hydrogen-bond donors (Lipinski definition) is 2. The molecular formula is C15H27NO2S. The van der Waals surface area contributed by atoms with Gasteiger partial charge >= 0.3 is 0 Å². The van der Waals surface area contributed by atoms with Crippen LogP contribution in [0.15, 0.2) is 0 Å². The van der Waals surface area contributed by atoms with Crippen molar-refractivity contribution in [3.05, 3.63) is 0 Å². The second kappa shape index (κ2) is 6.49. The first-order valence-corrected chi connectivity index (χ1v) is 8.78. The van der Waals surface area contributed by atoms with Crippen LogP contribution in [0.2, 0.25) is 0 Å². The molecular weight excluding hydrogens is 258 g/mol. The minimum absolute atomic E-state index is 0.154. The van der Waals surface area contributed by atoms with Gasteiger partial charge in [-0.15, -0.1) is 0 Å². The highest BCUT2D eigenvalue weighted by molar-refractivity contribution is 7.99. The Hall–Kier alpha value is -0.220. The molecule has 0 atom stereocenters. The van der Waals surface area contributed by atoms with Gasteiger partial charge in [-0.1, -0.05) is 32.6 Å². The normalized spacial score (nSPS) is 26.4. The van der Waals surface area contributed by atoms with Gasteiger partial charge in [0.1, 0.15) is 0 Å². The lowest BCUT2D eigenvalue weighted by Gasteiger charge is -2.34. The third-order valence-electron chi connectivity index (χ3n) is 4.76. The summed E-state index contributed by atoms with van der Waals surface area (Å²) in [7, 11) is 0. The van der Waals surface area contributed by atoms with E-state index in [4.69, 9.17) is 0 Å². The summed E-state index contributed by atoms with van der Waals surface area (Å²) in [5.41, 5.74) is -0.877. The van der Waals surface area contributed by atoms with Gasteiger partial charge in [0.15, 0.2) is 0 Å². The standard InChI is InChI=1S/C15H27NO2S/c1-14(6-4-2-3-5-7-14)13(17)16-12-15(18)8-10-19-11-9-15/h18H,2-12H2,1H3,(H,16,17). The fraction of sp³-hybridized carbons (Fsp3) is 0.933. The van der Waals surface area contributed by atoms with Gasteiger partial charge in [-0.2, -0.15) is 11.8 Å². The van der Waals surface area contributed by atoms with E-state index in [2.05, 4.69) is 12.2 Å². The molecule has 2 rings (SSSR count). The van der Waals surface area contributed by atoms with Gasteiger partial charge in [0, 0.05) is 12.0 Å². The van der Waals surface area contributed by atoms with E-state index < -0.39 is 5.60 Å². The molecule has 4 heteroatoms. The predicted molar refractivity (Wildman–Crippen MR) is 80.3 cm³/mol. The maximum atomic E-state index is 12.4. The topological polar surface area (TPSA) is 49.3 Å². The number of hydrogen-bond acceptors (Lipinski definition) is 3. The van der Waals surface area contributed by atoms with Gasteiger partial charge in [-0.3, -0.25) is 4.79 Å². The Bertz CT molecular complexity index is 305. The summed E-state index contributed by atoms with van der Waals surface area (Å²) < 4.78 is 0. The zero-order valence-corrected chi connectivity index (χ0v) is 12.9. The fourth-order valence-corrected chi connectivity index (χ4v) is 4.38. The van der Waals surface area contributed by atoms with E-state index in [0.717, 1.165) is 50.0 Å². The highest BCUT2D eigenvalue weighted by Gasteiger charge is 2.36. The molecule has 1 saturated carbocycles. The summed E-state index contributed by atoms with van der Waals surface area (Å²) in [6.45, 7) is 2.52. The zero-order valence-electron chi connectivity index (χ0n) is 12.0. The van der Waals surface area contributed by atoms with Crippen LogP contribution in [0.1, 0.15) is 58.3 Å². The Morgan fingerprint density at radius 1 is 1.11 bits per heavy atom. The summed E-state index contributed by atoms with van der Waals surface area (Å²) in [6.07, 6.45) is 8.41. The van der Waals surface area contributed by atoms with Gasteiger partial charge in [-0.25, -0.2) is 0 Å². The molecule has 0 aromatic heterocycles. The molecule has 0 spiro atoms. The molecule has 0 aromatic rings. The fourth-order valence-electron chi connectivity index (χ4n) is 3.12. The molecule has 1 aliphatic heterocycles. The van der Waals surface area contributed by atoms with E-state index in [1.165, 1.54) is 12.8 Å². The van der Waals surface area contributed by atoms with Gasteiger partial charge in [0.05, 0.1) is 5.60 Å². The number of aliphatic hydroxyl groups is 1. The van der Waals surface area contributed by atoms with Crippen LogP contribution in [0.5, 0.6) is 0 Å². The summed E-state index contributed by atoms with van der Waals surface area (Å²) in [4.78, 5) is 12.4. The molecule has 1 aliphatic carbocycles. The molecule has 2 N–H and O–H groups in total. The molecule has 0 aromatic carbocycles. The molecule has 3 nitrogen and oxygen atoms in total. The molecule has 2 aliphatic rings. The van der Waals surface area contributed by atoms with Gasteiger partial charge in [-0.05, 0) is 37.2 Å². The molecule has 19 heavy (non-hydrogen) atoms. The van der Waals surface area contributed by atoms with E-state index in [1.807, 2.05) is 11.8 Å². The molecule has 1 amide bonds. The molecule has 1 saturated heterocycles. The maximum absolute atomic E-state index is 12.4. The summed E-state index contributed by atoms with van der Waals surface area (Å²) in [6, 6.07) is 0. The second-order valence-corrected chi connectivity index (χ2v) is 7.72. The monoisotopic (exact) mass is 285 g/mol. The van der Waals surface area contributed by atoms with Gasteiger partial charge in [0.2, 0.25) is 5.91 Å².